The molecule has 3 rings (SSSR count). The summed E-state index contributed by atoms with van der Waals surface area (Å²) in [6.07, 6.45) is 1.49. The molecule has 1 saturated heterocycles. The molecule has 1 aliphatic rings. The molecule has 1 fully saturated rings. The number of ether oxygens (including phenoxy) is 2. The van der Waals surface area contributed by atoms with Crippen LogP contribution >= 0.6 is 35.0 Å². The highest BCUT2D eigenvalue weighted by atomic mass is 35.5. The normalized spacial score (nSPS) is 14.5. The van der Waals surface area contributed by atoms with Gasteiger partial charge in [-0.2, -0.15) is 0 Å². The topological polar surface area (TPSA) is 102 Å². The van der Waals surface area contributed by atoms with Crippen molar-refractivity contribution < 1.29 is 28.7 Å². The molecule has 0 atom stereocenters. The van der Waals surface area contributed by atoms with Crippen LogP contribution in [0.3, 0.4) is 0 Å². The number of amides is 3. The van der Waals surface area contributed by atoms with E-state index in [0.29, 0.717) is 16.3 Å². The maximum absolute atomic E-state index is 12.5. The highest BCUT2D eigenvalue weighted by Crippen LogP contribution is 2.33. The van der Waals surface area contributed by atoms with Gasteiger partial charge in [0.05, 0.1) is 16.5 Å². The van der Waals surface area contributed by atoms with Crippen LogP contribution in [0.4, 0.5) is 10.5 Å². The summed E-state index contributed by atoms with van der Waals surface area (Å²) in [5.41, 5.74) is 1.12. The number of anilines is 1. The van der Waals surface area contributed by atoms with Gasteiger partial charge in [0.25, 0.3) is 17.1 Å². The maximum atomic E-state index is 12.5. The van der Waals surface area contributed by atoms with Crippen LogP contribution in [0.25, 0.3) is 6.08 Å². The Morgan fingerprint density at radius 2 is 1.85 bits per heavy atom. The largest absolute Gasteiger partial charge is 0.482 e. The molecular formula is C22H18Cl2N2O6S. The van der Waals surface area contributed by atoms with Crippen molar-refractivity contribution in [2.24, 2.45) is 0 Å². The zero-order valence-corrected chi connectivity index (χ0v) is 19.6. The predicted molar refractivity (Wildman–Crippen MR) is 126 cm³/mol. The summed E-state index contributed by atoms with van der Waals surface area (Å²) >= 11 is 12.8. The molecule has 8 nitrogen and oxygen atoms in total. The van der Waals surface area contributed by atoms with E-state index in [9.17, 15) is 19.2 Å². The van der Waals surface area contributed by atoms with Crippen molar-refractivity contribution in [1.82, 2.24) is 4.90 Å². The average molecular weight is 509 g/mol. The van der Waals surface area contributed by atoms with E-state index in [1.165, 1.54) is 12.1 Å². The van der Waals surface area contributed by atoms with E-state index in [2.05, 4.69) is 5.32 Å². The molecule has 0 bridgehead atoms. The quantitative estimate of drug-likeness (QED) is 0.410. The van der Waals surface area contributed by atoms with Crippen LogP contribution in [0.2, 0.25) is 10.0 Å². The molecular weight excluding hydrogens is 491 g/mol. The Kier molecular flexibility index (Phi) is 8.37. The van der Waals surface area contributed by atoms with Gasteiger partial charge in [-0.25, -0.2) is 0 Å². The molecule has 172 valence electrons. The number of carbonyl (C=O) groups excluding carboxylic acids is 4. The molecule has 1 heterocycles. The average Bonchev–Trinajstić information content (AvgIpc) is 3.02. The lowest BCUT2D eigenvalue weighted by Gasteiger charge is -2.11. The number of nitrogens with zero attached hydrogens (tertiary/aromatic N) is 1. The number of hydrogen-bond acceptors (Lipinski definition) is 7. The first-order valence-electron chi connectivity index (χ1n) is 9.65. The molecule has 3 amide bonds. The van der Waals surface area contributed by atoms with Gasteiger partial charge in [0.1, 0.15) is 12.3 Å². The van der Waals surface area contributed by atoms with Crippen LogP contribution < -0.4 is 10.1 Å². The molecule has 33 heavy (non-hydrogen) atoms. The lowest BCUT2D eigenvalue weighted by Crippen LogP contribution is -2.34. The number of carbonyl (C=O) groups is 4. The number of benzene rings is 2. The van der Waals surface area contributed by atoms with E-state index in [4.69, 9.17) is 32.7 Å². The molecule has 0 aromatic heterocycles. The van der Waals surface area contributed by atoms with Crippen molar-refractivity contribution in [2.75, 3.05) is 25.1 Å². The fourth-order valence-corrected chi connectivity index (χ4v) is 3.93. The molecule has 2 aromatic rings. The van der Waals surface area contributed by atoms with Gasteiger partial charge in [-0.15, -0.1) is 0 Å². The Bertz CT molecular complexity index is 1120. The number of halogens is 2. The second-order valence-corrected chi connectivity index (χ2v) is 8.44. The van der Waals surface area contributed by atoms with Gasteiger partial charge in [-0.05, 0) is 66.7 Å². The van der Waals surface area contributed by atoms with Gasteiger partial charge < -0.3 is 14.8 Å². The Morgan fingerprint density at radius 3 is 2.52 bits per heavy atom. The Morgan fingerprint density at radius 1 is 1.12 bits per heavy atom. The van der Waals surface area contributed by atoms with Gasteiger partial charge in [0.2, 0.25) is 0 Å². The van der Waals surface area contributed by atoms with E-state index in [1.807, 2.05) is 0 Å². The molecule has 11 heteroatoms. The first kappa shape index (κ1) is 24.6. The van der Waals surface area contributed by atoms with Crippen LogP contribution in [0.15, 0.2) is 47.4 Å². The van der Waals surface area contributed by atoms with E-state index in [1.54, 1.807) is 43.3 Å². The second-order valence-electron chi connectivity index (χ2n) is 6.61. The Hall–Kier alpha value is -3.01. The maximum Gasteiger partial charge on any atom is 0.326 e. The highest BCUT2D eigenvalue weighted by molar-refractivity contribution is 8.18. The summed E-state index contributed by atoms with van der Waals surface area (Å²) in [6.45, 7) is 1.07. The molecule has 1 aliphatic heterocycles. The summed E-state index contributed by atoms with van der Waals surface area (Å²) < 4.78 is 10.2. The van der Waals surface area contributed by atoms with E-state index in [0.717, 1.165) is 16.7 Å². The zero-order valence-electron chi connectivity index (χ0n) is 17.3. The minimum absolute atomic E-state index is 0.149. The van der Waals surface area contributed by atoms with Gasteiger partial charge >= 0.3 is 5.97 Å². The van der Waals surface area contributed by atoms with Gasteiger partial charge in [-0.3, -0.25) is 24.1 Å². The third kappa shape index (κ3) is 6.74. The zero-order chi connectivity index (χ0) is 24.0. The lowest BCUT2D eigenvalue weighted by atomic mass is 10.2. The summed E-state index contributed by atoms with van der Waals surface area (Å²) in [4.78, 5) is 49.2. The number of thioether (sulfide) groups is 1. The number of nitrogens with one attached hydrogen (secondary N) is 1. The summed E-state index contributed by atoms with van der Waals surface area (Å²) in [6, 6.07) is 11.3. The van der Waals surface area contributed by atoms with Crippen LogP contribution in [-0.4, -0.2) is 47.7 Å². The molecule has 2 aromatic carbocycles. The van der Waals surface area contributed by atoms with E-state index < -0.39 is 23.7 Å². The SMILES string of the molecule is CCOC(=O)CN1C(=O)S/C(=C\c2ccc(OCC(=O)Nc3ccc(Cl)cc3)c(Cl)c2)C1=O. The van der Waals surface area contributed by atoms with Crippen LogP contribution in [0, 0.1) is 0 Å². The molecule has 0 spiro atoms. The van der Waals surface area contributed by atoms with Gasteiger partial charge in [-0.1, -0.05) is 29.3 Å². The summed E-state index contributed by atoms with van der Waals surface area (Å²) in [5, 5.41) is 2.88. The Labute approximate surface area is 203 Å². The van der Waals surface area contributed by atoms with Crippen molar-refractivity contribution in [3.8, 4) is 5.75 Å². The highest BCUT2D eigenvalue weighted by Gasteiger charge is 2.36. The third-order valence-corrected chi connectivity index (χ3v) is 5.66. The summed E-state index contributed by atoms with van der Waals surface area (Å²) in [5.74, 6) is -1.36. The molecule has 0 radical (unpaired) electrons. The number of rotatable bonds is 8. The van der Waals surface area contributed by atoms with Crippen molar-refractivity contribution in [3.05, 3.63) is 63.0 Å². The predicted octanol–water partition coefficient (Wildman–Crippen LogP) is 4.61. The standard InChI is InChI=1S/C22H18Cl2N2O6S/c1-2-31-20(28)11-26-21(29)18(33-22(26)30)10-13-3-8-17(16(24)9-13)32-12-19(27)25-15-6-4-14(23)5-7-15/h3-10H,2,11-12H2,1H3,(H,25,27)/b18-10-. The second kappa shape index (κ2) is 11.2. The first-order valence-corrected chi connectivity index (χ1v) is 11.2. The van der Waals surface area contributed by atoms with Crippen LogP contribution in [0.1, 0.15) is 12.5 Å². The number of hydrogen-bond donors (Lipinski definition) is 1. The monoisotopic (exact) mass is 508 g/mol. The van der Waals surface area contributed by atoms with Crippen molar-refractivity contribution in [3.63, 3.8) is 0 Å². The van der Waals surface area contributed by atoms with Crippen molar-refractivity contribution >= 4 is 69.8 Å². The number of imide groups is 1. The van der Waals surface area contributed by atoms with Crippen LogP contribution in [-0.2, 0) is 19.1 Å². The first-order chi connectivity index (χ1) is 15.8. The van der Waals surface area contributed by atoms with Crippen LogP contribution in [0.5, 0.6) is 5.75 Å². The Balaban J connectivity index is 1.60. The lowest BCUT2D eigenvalue weighted by molar-refractivity contribution is -0.146. The minimum Gasteiger partial charge on any atom is -0.482 e. The van der Waals surface area contributed by atoms with Crippen molar-refractivity contribution in [1.29, 1.82) is 0 Å². The minimum atomic E-state index is -0.661. The fourth-order valence-electron chi connectivity index (χ4n) is 2.72. The summed E-state index contributed by atoms with van der Waals surface area (Å²) in [7, 11) is 0. The molecule has 0 unspecified atom stereocenters. The molecule has 0 aliphatic carbocycles. The van der Waals surface area contributed by atoms with Gasteiger partial charge in [0, 0.05) is 10.7 Å². The smallest absolute Gasteiger partial charge is 0.326 e. The third-order valence-electron chi connectivity index (χ3n) is 4.21. The molecule has 1 N–H and O–H groups in total. The fraction of sp³-hybridized carbons (Fsp3) is 0.182. The molecule has 0 saturated carbocycles. The van der Waals surface area contributed by atoms with Crippen molar-refractivity contribution in [2.45, 2.75) is 6.92 Å². The number of esters is 1. The van der Waals surface area contributed by atoms with Gasteiger partial charge in [0.15, 0.2) is 6.61 Å². The van der Waals surface area contributed by atoms with E-state index >= 15 is 0 Å². The van der Waals surface area contributed by atoms with E-state index in [-0.39, 0.29) is 34.8 Å².